The van der Waals surface area contributed by atoms with Crippen molar-refractivity contribution in [3.8, 4) is 0 Å². The van der Waals surface area contributed by atoms with Crippen LogP contribution in [-0.2, 0) is 16.0 Å². The van der Waals surface area contributed by atoms with E-state index >= 15 is 0 Å². The van der Waals surface area contributed by atoms with E-state index in [9.17, 15) is 9.59 Å². The molecule has 5 nitrogen and oxygen atoms in total. The van der Waals surface area contributed by atoms with Gasteiger partial charge in [-0.2, -0.15) is 0 Å². The number of nitrogens with zero attached hydrogens (tertiary/aromatic N) is 1. The van der Waals surface area contributed by atoms with Gasteiger partial charge in [-0.15, -0.1) is 0 Å². The van der Waals surface area contributed by atoms with Crippen molar-refractivity contribution in [3.05, 3.63) is 69.9 Å². The Morgan fingerprint density at radius 3 is 2.34 bits per heavy atom. The highest BCUT2D eigenvalue weighted by Crippen LogP contribution is 2.25. The minimum Gasteiger partial charge on any atom is -0.452 e. The van der Waals surface area contributed by atoms with Crippen LogP contribution in [0.1, 0.15) is 45.2 Å². The van der Waals surface area contributed by atoms with Gasteiger partial charge in [0.1, 0.15) is 0 Å². The molecule has 1 aromatic heterocycles. The second-order valence-corrected chi connectivity index (χ2v) is 7.33. The normalized spacial score (nSPS) is 10.8. The first-order chi connectivity index (χ1) is 13.8. The number of anilines is 1. The SMILES string of the molecule is CCc1nc2ccccc2c(C(=O)OCC(=O)Nc2c(C)cc(C)cc2C)c1C. The molecule has 2 aromatic carbocycles. The molecule has 0 spiro atoms. The minimum absolute atomic E-state index is 0.344. The number of hydrogen-bond acceptors (Lipinski definition) is 4. The summed E-state index contributed by atoms with van der Waals surface area (Å²) >= 11 is 0. The lowest BCUT2D eigenvalue weighted by Crippen LogP contribution is -2.22. The van der Waals surface area contributed by atoms with Crippen LogP contribution >= 0.6 is 0 Å². The molecule has 5 heteroatoms. The third kappa shape index (κ3) is 4.29. The van der Waals surface area contributed by atoms with Crippen molar-refractivity contribution in [1.82, 2.24) is 4.98 Å². The maximum absolute atomic E-state index is 12.9. The number of ether oxygens (including phenoxy) is 1. The summed E-state index contributed by atoms with van der Waals surface area (Å²) in [4.78, 5) is 29.9. The van der Waals surface area contributed by atoms with Crippen molar-refractivity contribution >= 4 is 28.5 Å². The largest absolute Gasteiger partial charge is 0.452 e. The molecule has 0 fully saturated rings. The molecule has 0 saturated heterocycles. The fourth-order valence-corrected chi connectivity index (χ4v) is 3.72. The molecule has 0 bridgehead atoms. The van der Waals surface area contributed by atoms with Gasteiger partial charge in [0.05, 0.1) is 11.1 Å². The number of para-hydroxylation sites is 1. The van der Waals surface area contributed by atoms with E-state index in [0.717, 1.165) is 44.5 Å². The molecule has 1 N–H and O–H groups in total. The molecule has 0 radical (unpaired) electrons. The molecular formula is C24H26N2O3. The summed E-state index contributed by atoms with van der Waals surface area (Å²) in [6.07, 6.45) is 0.712. The number of esters is 1. The van der Waals surface area contributed by atoms with Crippen molar-refractivity contribution in [2.45, 2.75) is 41.0 Å². The van der Waals surface area contributed by atoms with Crippen LogP contribution in [0.4, 0.5) is 5.69 Å². The van der Waals surface area contributed by atoms with Crippen LogP contribution in [0.5, 0.6) is 0 Å². The van der Waals surface area contributed by atoms with Gasteiger partial charge in [0, 0.05) is 16.8 Å². The Morgan fingerprint density at radius 2 is 1.69 bits per heavy atom. The summed E-state index contributed by atoms with van der Waals surface area (Å²) < 4.78 is 5.38. The lowest BCUT2D eigenvalue weighted by Gasteiger charge is -2.15. The highest BCUT2D eigenvalue weighted by Gasteiger charge is 2.20. The van der Waals surface area contributed by atoms with Gasteiger partial charge in [0.25, 0.3) is 5.91 Å². The second-order valence-electron chi connectivity index (χ2n) is 7.33. The van der Waals surface area contributed by atoms with Gasteiger partial charge in [0.2, 0.25) is 0 Å². The van der Waals surface area contributed by atoms with Gasteiger partial charge in [-0.3, -0.25) is 9.78 Å². The van der Waals surface area contributed by atoms with E-state index in [1.54, 1.807) is 0 Å². The standard InChI is InChI=1S/C24H26N2O3/c1-6-19-17(5)22(18-9-7-8-10-20(18)25-19)24(28)29-13-21(27)26-23-15(3)11-14(2)12-16(23)4/h7-12H,6,13H2,1-5H3,(H,26,27). The summed E-state index contributed by atoms with van der Waals surface area (Å²) in [5, 5.41) is 3.59. The molecule has 0 aliphatic rings. The van der Waals surface area contributed by atoms with Crippen molar-refractivity contribution in [2.75, 3.05) is 11.9 Å². The fraction of sp³-hybridized carbons (Fsp3) is 0.292. The molecule has 29 heavy (non-hydrogen) atoms. The first-order valence-corrected chi connectivity index (χ1v) is 9.74. The fourth-order valence-electron chi connectivity index (χ4n) is 3.72. The molecule has 150 valence electrons. The maximum atomic E-state index is 12.9. The van der Waals surface area contributed by atoms with Crippen molar-refractivity contribution in [2.24, 2.45) is 0 Å². The average molecular weight is 390 g/mol. The van der Waals surface area contributed by atoms with E-state index in [0.29, 0.717) is 12.0 Å². The van der Waals surface area contributed by atoms with Crippen molar-refractivity contribution in [1.29, 1.82) is 0 Å². The number of rotatable bonds is 5. The summed E-state index contributed by atoms with van der Waals surface area (Å²) in [5.74, 6) is -0.872. The zero-order chi connectivity index (χ0) is 21.1. The van der Waals surface area contributed by atoms with E-state index in [-0.39, 0.29) is 12.5 Å². The molecule has 0 saturated carbocycles. The zero-order valence-electron chi connectivity index (χ0n) is 17.6. The number of pyridine rings is 1. The topological polar surface area (TPSA) is 68.3 Å². The van der Waals surface area contributed by atoms with E-state index in [1.807, 2.05) is 71.0 Å². The van der Waals surface area contributed by atoms with Crippen LogP contribution in [0.2, 0.25) is 0 Å². The number of carbonyl (C=O) groups excluding carboxylic acids is 2. The van der Waals surface area contributed by atoms with Gasteiger partial charge in [-0.05, 0) is 56.9 Å². The highest BCUT2D eigenvalue weighted by atomic mass is 16.5. The molecule has 3 aromatic rings. The molecule has 0 aliphatic carbocycles. The van der Waals surface area contributed by atoms with Crippen LogP contribution in [0.15, 0.2) is 36.4 Å². The predicted molar refractivity (Wildman–Crippen MR) is 115 cm³/mol. The number of aryl methyl sites for hydroxylation is 4. The highest BCUT2D eigenvalue weighted by molar-refractivity contribution is 6.06. The Morgan fingerprint density at radius 1 is 1.03 bits per heavy atom. The number of aromatic nitrogens is 1. The number of hydrogen-bond donors (Lipinski definition) is 1. The molecule has 0 aliphatic heterocycles. The van der Waals surface area contributed by atoms with Crippen molar-refractivity contribution in [3.63, 3.8) is 0 Å². The predicted octanol–water partition coefficient (Wildman–Crippen LogP) is 4.83. The number of benzene rings is 2. The van der Waals surface area contributed by atoms with E-state index in [4.69, 9.17) is 4.74 Å². The zero-order valence-corrected chi connectivity index (χ0v) is 17.6. The van der Waals surface area contributed by atoms with Crippen LogP contribution in [-0.4, -0.2) is 23.5 Å². The maximum Gasteiger partial charge on any atom is 0.339 e. The molecule has 0 unspecified atom stereocenters. The Bertz CT molecular complexity index is 1080. The van der Waals surface area contributed by atoms with Crippen molar-refractivity contribution < 1.29 is 14.3 Å². The van der Waals surface area contributed by atoms with Crippen LogP contribution in [0, 0.1) is 27.7 Å². The average Bonchev–Trinajstić information content (AvgIpc) is 2.68. The molecule has 1 amide bonds. The van der Waals surface area contributed by atoms with Gasteiger partial charge in [0.15, 0.2) is 6.61 Å². The van der Waals surface area contributed by atoms with Gasteiger partial charge < -0.3 is 10.1 Å². The third-order valence-corrected chi connectivity index (χ3v) is 5.05. The summed E-state index contributed by atoms with van der Waals surface area (Å²) in [6, 6.07) is 11.5. The number of nitrogens with one attached hydrogen (secondary N) is 1. The molecule has 0 atom stereocenters. The first kappa shape index (κ1) is 20.5. The van der Waals surface area contributed by atoms with Crippen LogP contribution in [0.3, 0.4) is 0 Å². The van der Waals surface area contributed by atoms with Crippen LogP contribution < -0.4 is 5.32 Å². The minimum atomic E-state index is -0.511. The molecule has 1 heterocycles. The molecule has 3 rings (SSSR count). The number of amides is 1. The van der Waals surface area contributed by atoms with Gasteiger partial charge >= 0.3 is 5.97 Å². The number of carbonyl (C=O) groups is 2. The lowest BCUT2D eigenvalue weighted by molar-refractivity contribution is -0.119. The smallest absolute Gasteiger partial charge is 0.339 e. The first-order valence-electron chi connectivity index (χ1n) is 9.74. The Kier molecular flexibility index (Phi) is 5.97. The third-order valence-electron chi connectivity index (χ3n) is 5.05. The summed E-state index contributed by atoms with van der Waals surface area (Å²) in [7, 11) is 0. The quantitative estimate of drug-likeness (QED) is 0.634. The van der Waals surface area contributed by atoms with Gasteiger partial charge in [-0.25, -0.2) is 4.79 Å². The Hall–Kier alpha value is -3.21. The summed E-state index contributed by atoms with van der Waals surface area (Å²) in [6.45, 7) is 9.43. The second kappa shape index (κ2) is 8.43. The monoisotopic (exact) mass is 390 g/mol. The van der Waals surface area contributed by atoms with E-state index < -0.39 is 5.97 Å². The lowest BCUT2D eigenvalue weighted by atomic mass is 10.0. The summed E-state index contributed by atoms with van der Waals surface area (Å²) in [5.41, 5.74) is 6.72. The van der Waals surface area contributed by atoms with E-state index in [2.05, 4.69) is 10.3 Å². The number of fused-ring (bicyclic) bond motifs is 1. The molecular weight excluding hydrogens is 364 g/mol. The van der Waals surface area contributed by atoms with Crippen LogP contribution in [0.25, 0.3) is 10.9 Å². The van der Waals surface area contributed by atoms with E-state index in [1.165, 1.54) is 0 Å². The Balaban J connectivity index is 1.80. The van der Waals surface area contributed by atoms with Gasteiger partial charge in [-0.1, -0.05) is 42.8 Å². The Labute approximate surface area is 171 Å².